The van der Waals surface area contributed by atoms with Crippen molar-refractivity contribution in [2.75, 3.05) is 32.2 Å². The van der Waals surface area contributed by atoms with Gasteiger partial charge in [0.1, 0.15) is 12.4 Å². The lowest BCUT2D eigenvalue weighted by Gasteiger charge is -2.08. The number of benzene rings is 2. The van der Waals surface area contributed by atoms with Crippen LogP contribution in [0.15, 0.2) is 54.6 Å². The number of hydrogen-bond donors (Lipinski definition) is 1. The van der Waals surface area contributed by atoms with Crippen molar-refractivity contribution in [1.29, 1.82) is 0 Å². The summed E-state index contributed by atoms with van der Waals surface area (Å²) in [7, 11) is 0. The number of nitrogen functional groups attached to an aromatic ring is 1. The maximum Gasteiger partial charge on any atom is 0.119 e. The molecule has 0 radical (unpaired) electrons. The Morgan fingerprint density at radius 1 is 0.714 bits per heavy atom. The van der Waals surface area contributed by atoms with E-state index in [4.69, 9.17) is 19.9 Å². The van der Waals surface area contributed by atoms with E-state index in [1.54, 1.807) is 0 Å². The molecule has 0 amide bonds. The fourth-order valence-electron chi connectivity index (χ4n) is 1.77. The second-order valence-electron chi connectivity index (χ2n) is 4.57. The van der Waals surface area contributed by atoms with Crippen LogP contribution in [0.25, 0.3) is 0 Å². The molecule has 2 aromatic carbocycles. The fraction of sp³-hybridized carbons (Fsp3) is 0.294. The van der Waals surface area contributed by atoms with E-state index in [0.717, 1.165) is 11.4 Å². The Balaban J connectivity index is 1.46. The average Bonchev–Trinajstić information content (AvgIpc) is 2.53. The molecule has 0 aliphatic heterocycles. The fourth-order valence-corrected chi connectivity index (χ4v) is 1.77. The summed E-state index contributed by atoms with van der Waals surface area (Å²) in [5.74, 6) is 0.799. The molecule has 0 saturated heterocycles. The van der Waals surface area contributed by atoms with Gasteiger partial charge in [-0.25, -0.2) is 0 Å². The molecular formula is C17H21NO3. The van der Waals surface area contributed by atoms with Crippen LogP contribution in [0.5, 0.6) is 5.75 Å². The molecule has 0 unspecified atom stereocenters. The SMILES string of the molecule is Nc1ccc(OCCOCCOCc2ccccc2)cc1. The lowest BCUT2D eigenvalue weighted by Crippen LogP contribution is -2.10. The van der Waals surface area contributed by atoms with Crippen molar-refractivity contribution in [3.8, 4) is 5.75 Å². The Bertz CT molecular complexity index is 499. The summed E-state index contributed by atoms with van der Waals surface area (Å²) in [4.78, 5) is 0. The lowest BCUT2D eigenvalue weighted by atomic mass is 10.2. The molecular weight excluding hydrogens is 266 g/mol. The van der Waals surface area contributed by atoms with E-state index in [1.165, 1.54) is 5.56 Å². The highest BCUT2D eigenvalue weighted by Gasteiger charge is 1.95. The minimum absolute atomic E-state index is 0.516. The van der Waals surface area contributed by atoms with Crippen LogP contribution in [0.4, 0.5) is 5.69 Å². The number of ether oxygens (including phenoxy) is 3. The quantitative estimate of drug-likeness (QED) is 0.569. The average molecular weight is 287 g/mol. The predicted octanol–water partition coefficient (Wildman–Crippen LogP) is 2.88. The van der Waals surface area contributed by atoms with E-state index < -0.39 is 0 Å². The zero-order valence-electron chi connectivity index (χ0n) is 12.0. The second kappa shape index (κ2) is 9.00. The molecule has 0 aliphatic rings. The van der Waals surface area contributed by atoms with E-state index in [-0.39, 0.29) is 0 Å². The third-order valence-electron chi connectivity index (χ3n) is 2.86. The van der Waals surface area contributed by atoms with Crippen molar-refractivity contribution in [1.82, 2.24) is 0 Å². The van der Waals surface area contributed by atoms with Crippen molar-refractivity contribution in [2.45, 2.75) is 6.61 Å². The molecule has 4 heteroatoms. The number of hydrogen-bond acceptors (Lipinski definition) is 4. The molecule has 0 atom stereocenters. The minimum Gasteiger partial charge on any atom is -0.491 e. The van der Waals surface area contributed by atoms with Crippen LogP contribution in [0.1, 0.15) is 5.56 Å². The Morgan fingerprint density at radius 3 is 2.14 bits per heavy atom. The van der Waals surface area contributed by atoms with Crippen LogP contribution in [-0.4, -0.2) is 26.4 Å². The molecule has 0 fully saturated rings. The number of rotatable bonds is 9. The molecule has 4 nitrogen and oxygen atoms in total. The van der Waals surface area contributed by atoms with Gasteiger partial charge in [0.25, 0.3) is 0 Å². The molecule has 21 heavy (non-hydrogen) atoms. The van der Waals surface area contributed by atoms with Gasteiger partial charge in [-0.05, 0) is 29.8 Å². The molecule has 0 heterocycles. The Kier molecular flexibility index (Phi) is 6.58. The lowest BCUT2D eigenvalue weighted by molar-refractivity contribution is 0.0303. The maximum absolute atomic E-state index is 5.60. The van der Waals surface area contributed by atoms with Crippen LogP contribution in [0, 0.1) is 0 Å². The van der Waals surface area contributed by atoms with Crippen molar-refractivity contribution in [3.63, 3.8) is 0 Å². The summed E-state index contributed by atoms with van der Waals surface area (Å²) in [5, 5.41) is 0. The first kappa shape index (κ1) is 15.4. The van der Waals surface area contributed by atoms with E-state index in [2.05, 4.69) is 0 Å². The number of anilines is 1. The van der Waals surface area contributed by atoms with Gasteiger partial charge in [-0.1, -0.05) is 30.3 Å². The summed E-state index contributed by atoms with van der Waals surface area (Å²) < 4.78 is 16.5. The molecule has 112 valence electrons. The standard InChI is InChI=1S/C17H21NO3/c18-16-6-8-17(9-7-16)21-13-12-19-10-11-20-14-15-4-2-1-3-5-15/h1-9H,10-14,18H2. The van der Waals surface area contributed by atoms with Crippen LogP contribution in [0.2, 0.25) is 0 Å². The minimum atomic E-state index is 0.516. The zero-order valence-corrected chi connectivity index (χ0v) is 12.0. The van der Waals surface area contributed by atoms with E-state index >= 15 is 0 Å². The largest absolute Gasteiger partial charge is 0.491 e. The molecule has 0 bridgehead atoms. The normalized spacial score (nSPS) is 10.5. The third-order valence-corrected chi connectivity index (χ3v) is 2.86. The molecule has 0 aliphatic carbocycles. The highest BCUT2D eigenvalue weighted by molar-refractivity contribution is 5.41. The molecule has 2 rings (SSSR count). The van der Waals surface area contributed by atoms with Gasteiger partial charge in [0.05, 0.1) is 26.4 Å². The summed E-state index contributed by atoms with van der Waals surface area (Å²) in [6.45, 7) is 2.82. The Labute approximate surface area is 125 Å². The van der Waals surface area contributed by atoms with Gasteiger partial charge in [0.2, 0.25) is 0 Å². The van der Waals surface area contributed by atoms with Crippen LogP contribution < -0.4 is 10.5 Å². The topological polar surface area (TPSA) is 53.7 Å². The second-order valence-corrected chi connectivity index (χ2v) is 4.57. The smallest absolute Gasteiger partial charge is 0.119 e. The Morgan fingerprint density at radius 2 is 1.38 bits per heavy atom. The summed E-state index contributed by atoms with van der Waals surface area (Å²) in [6.07, 6.45) is 0. The van der Waals surface area contributed by atoms with Gasteiger partial charge in [-0.3, -0.25) is 0 Å². The summed E-state index contributed by atoms with van der Waals surface area (Å²) in [5.41, 5.74) is 7.50. The van der Waals surface area contributed by atoms with Crippen LogP contribution >= 0.6 is 0 Å². The van der Waals surface area contributed by atoms with Gasteiger partial charge < -0.3 is 19.9 Å². The highest BCUT2D eigenvalue weighted by atomic mass is 16.5. The van der Waals surface area contributed by atoms with Crippen molar-refractivity contribution < 1.29 is 14.2 Å². The highest BCUT2D eigenvalue weighted by Crippen LogP contribution is 2.12. The van der Waals surface area contributed by atoms with Crippen molar-refractivity contribution in [2.24, 2.45) is 0 Å². The monoisotopic (exact) mass is 287 g/mol. The van der Waals surface area contributed by atoms with Gasteiger partial charge in [-0.15, -0.1) is 0 Å². The van der Waals surface area contributed by atoms with E-state index in [0.29, 0.717) is 33.0 Å². The number of nitrogens with two attached hydrogens (primary N) is 1. The maximum atomic E-state index is 5.60. The van der Waals surface area contributed by atoms with Crippen molar-refractivity contribution in [3.05, 3.63) is 60.2 Å². The van der Waals surface area contributed by atoms with Crippen LogP contribution in [-0.2, 0) is 16.1 Å². The first-order valence-electron chi connectivity index (χ1n) is 7.02. The molecule has 0 spiro atoms. The Hall–Kier alpha value is -2.04. The van der Waals surface area contributed by atoms with Crippen LogP contribution in [0.3, 0.4) is 0 Å². The van der Waals surface area contributed by atoms with Gasteiger partial charge in [0, 0.05) is 5.69 Å². The summed E-state index contributed by atoms with van der Waals surface area (Å²) in [6, 6.07) is 17.4. The van der Waals surface area contributed by atoms with Gasteiger partial charge >= 0.3 is 0 Å². The molecule has 0 saturated carbocycles. The molecule has 2 N–H and O–H groups in total. The third kappa shape index (κ3) is 6.29. The van der Waals surface area contributed by atoms with E-state index in [9.17, 15) is 0 Å². The first-order chi connectivity index (χ1) is 10.3. The van der Waals surface area contributed by atoms with Gasteiger partial charge in [0.15, 0.2) is 0 Å². The predicted molar refractivity (Wildman–Crippen MR) is 83.3 cm³/mol. The zero-order chi connectivity index (χ0) is 14.8. The molecule has 2 aromatic rings. The van der Waals surface area contributed by atoms with E-state index in [1.807, 2.05) is 54.6 Å². The van der Waals surface area contributed by atoms with Gasteiger partial charge in [-0.2, -0.15) is 0 Å². The first-order valence-corrected chi connectivity index (χ1v) is 7.02. The molecule has 0 aromatic heterocycles. The van der Waals surface area contributed by atoms with Crippen molar-refractivity contribution >= 4 is 5.69 Å². The summed E-state index contributed by atoms with van der Waals surface area (Å²) >= 11 is 0.